The van der Waals surface area contributed by atoms with E-state index in [1.165, 1.54) is 12.1 Å². The van der Waals surface area contributed by atoms with Crippen LogP contribution in [0.1, 0.15) is 24.1 Å². The van der Waals surface area contributed by atoms with Crippen molar-refractivity contribution in [3.8, 4) is 0 Å². The van der Waals surface area contributed by atoms with Gasteiger partial charge in [-0.2, -0.15) is 0 Å². The second-order valence-electron chi connectivity index (χ2n) is 6.27. The van der Waals surface area contributed by atoms with Crippen molar-refractivity contribution in [3.63, 3.8) is 0 Å². The summed E-state index contributed by atoms with van der Waals surface area (Å²) in [6.07, 6.45) is 2.05. The molecule has 0 bridgehead atoms. The summed E-state index contributed by atoms with van der Waals surface area (Å²) in [6.45, 7) is 3.41. The van der Waals surface area contributed by atoms with Gasteiger partial charge in [-0.15, -0.1) is 0 Å². The first-order valence-electron chi connectivity index (χ1n) is 8.32. The van der Waals surface area contributed by atoms with Gasteiger partial charge in [0.15, 0.2) is 0 Å². The second kappa shape index (κ2) is 7.43. The first kappa shape index (κ1) is 16.4. The van der Waals surface area contributed by atoms with Crippen LogP contribution in [0.2, 0.25) is 0 Å². The molecular formula is C19H22FN3O. The summed E-state index contributed by atoms with van der Waals surface area (Å²) in [4.78, 5) is 18.7. The average molecular weight is 327 g/mol. The van der Waals surface area contributed by atoms with E-state index in [0.717, 1.165) is 43.0 Å². The summed E-state index contributed by atoms with van der Waals surface area (Å²) >= 11 is 0. The fraction of sp³-hybridized carbons (Fsp3) is 0.368. The largest absolute Gasteiger partial charge is 0.367 e. The Morgan fingerprint density at radius 3 is 2.71 bits per heavy atom. The fourth-order valence-corrected chi connectivity index (χ4v) is 3.04. The van der Waals surface area contributed by atoms with Crippen molar-refractivity contribution < 1.29 is 9.18 Å². The van der Waals surface area contributed by atoms with Gasteiger partial charge in [-0.05, 0) is 49.6 Å². The molecule has 2 heterocycles. The number of likely N-dealkylation sites (tertiary alicyclic amines) is 1. The number of nitrogens with zero attached hydrogens (tertiary/aromatic N) is 2. The molecule has 5 heteroatoms. The number of carbonyl (C=O) groups is 1. The standard InChI is InChI=1S/C19H22FN3O/c1-14-4-2-7-18(21-14)22-17-8-10-23(11-9-17)19(24)13-15-5-3-6-16(20)12-15/h2-7,12,17H,8-11,13H2,1H3,(H,21,22). The number of piperidine rings is 1. The number of aromatic nitrogens is 1. The number of rotatable bonds is 4. The molecule has 0 atom stereocenters. The van der Waals surface area contributed by atoms with E-state index >= 15 is 0 Å². The van der Waals surface area contributed by atoms with Crippen LogP contribution in [0.5, 0.6) is 0 Å². The van der Waals surface area contributed by atoms with E-state index in [0.29, 0.717) is 6.04 Å². The number of benzene rings is 1. The number of amides is 1. The maximum atomic E-state index is 13.2. The lowest BCUT2D eigenvalue weighted by molar-refractivity contribution is -0.131. The van der Waals surface area contributed by atoms with Crippen molar-refractivity contribution in [2.45, 2.75) is 32.2 Å². The van der Waals surface area contributed by atoms with Crippen molar-refractivity contribution in [1.82, 2.24) is 9.88 Å². The van der Waals surface area contributed by atoms with Gasteiger partial charge in [0.05, 0.1) is 6.42 Å². The highest BCUT2D eigenvalue weighted by atomic mass is 19.1. The minimum absolute atomic E-state index is 0.0627. The third-order valence-corrected chi connectivity index (χ3v) is 4.33. The Morgan fingerprint density at radius 1 is 1.25 bits per heavy atom. The zero-order chi connectivity index (χ0) is 16.9. The summed E-state index contributed by atoms with van der Waals surface area (Å²) in [6, 6.07) is 12.5. The lowest BCUT2D eigenvalue weighted by Crippen LogP contribution is -2.43. The molecule has 0 spiro atoms. The first-order valence-corrected chi connectivity index (χ1v) is 8.32. The molecular weight excluding hydrogens is 305 g/mol. The van der Waals surface area contributed by atoms with Crippen LogP contribution < -0.4 is 5.32 Å². The van der Waals surface area contributed by atoms with Gasteiger partial charge in [0.1, 0.15) is 11.6 Å². The normalized spacial score (nSPS) is 15.3. The summed E-state index contributed by atoms with van der Waals surface area (Å²) in [5, 5.41) is 3.44. The van der Waals surface area contributed by atoms with Crippen LogP contribution in [0.4, 0.5) is 10.2 Å². The molecule has 2 aromatic rings. The molecule has 0 unspecified atom stereocenters. The van der Waals surface area contributed by atoms with E-state index in [1.54, 1.807) is 12.1 Å². The lowest BCUT2D eigenvalue weighted by Gasteiger charge is -2.32. The SMILES string of the molecule is Cc1cccc(NC2CCN(C(=O)Cc3cccc(F)c3)CC2)n1. The summed E-state index contributed by atoms with van der Waals surface area (Å²) in [7, 11) is 0. The summed E-state index contributed by atoms with van der Waals surface area (Å²) in [5.41, 5.74) is 1.71. The number of nitrogens with one attached hydrogen (secondary N) is 1. The monoisotopic (exact) mass is 327 g/mol. The number of hydrogen-bond donors (Lipinski definition) is 1. The third-order valence-electron chi connectivity index (χ3n) is 4.33. The Hall–Kier alpha value is -2.43. The highest BCUT2D eigenvalue weighted by Gasteiger charge is 2.23. The maximum absolute atomic E-state index is 13.2. The number of pyridine rings is 1. The van der Waals surface area contributed by atoms with Crippen molar-refractivity contribution in [3.05, 3.63) is 59.5 Å². The molecule has 24 heavy (non-hydrogen) atoms. The number of aryl methyl sites for hydroxylation is 1. The van der Waals surface area contributed by atoms with Crippen molar-refractivity contribution in [1.29, 1.82) is 0 Å². The van der Waals surface area contributed by atoms with E-state index in [2.05, 4.69) is 10.3 Å². The highest BCUT2D eigenvalue weighted by molar-refractivity contribution is 5.78. The van der Waals surface area contributed by atoms with Crippen LogP contribution in [0, 0.1) is 12.7 Å². The molecule has 0 aliphatic carbocycles. The van der Waals surface area contributed by atoms with Crippen LogP contribution in [-0.2, 0) is 11.2 Å². The third kappa shape index (κ3) is 4.31. The number of halogens is 1. The molecule has 1 fully saturated rings. The second-order valence-corrected chi connectivity index (χ2v) is 6.27. The Balaban J connectivity index is 1.50. The minimum atomic E-state index is -0.297. The van der Waals surface area contributed by atoms with Crippen LogP contribution in [0.25, 0.3) is 0 Å². The van der Waals surface area contributed by atoms with Gasteiger partial charge < -0.3 is 10.2 Å². The molecule has 4 nitrogen and oxygen atoms in total. The van der Waals surface area contributed by atoms with Crippen LogP contribution >= 0.6 is 0 Å². The molecule has 1 saturated heterocycles. The van der Waals surface area contributed by atoms with Gasteiger partial charge in [0.25, 0.3) is 0 Å². The van der Waals surface area contributed by atoms with E-state index in [9.17, 15) is 9.18 Å². The van der Waals surface area contributed by atoms with Crippen LogP contribution in [0.15, 0.2) is 42.5 Å². The quantitative estimate of drug-likeness (QED) is 0.938. The molecule has 1 aliphatic heterocycles. The molecule has 1 aliphatic rings. The van der Waals surface area contributed by atoms with Gasteiger partial charge in [-0.1, -0.05) is 18.2 Å². The average Bonchev–Trinajstić information content (AvgIpc) is 2.55. The van der Waals surface area contributed by atoms with Crippen molar-refractivity contribution in [2.75, 3.05) is 18.4 Å². The van der Waals surface area contributed by atoms with E-state index < -0.39 is 0 Å². The molecule has 0 radical (unpaired) electrons. The van der Waals surface area contributed by atoms with Gasteiger partial charge in [-0.3, -0.25) is 4.79 Å². The number of hydrogen-bond acceptors (Lipinski definition) is 3. The topological polar surface area (TPSA) is 45.2 Å². The Bertz CT molecular complexity index is 711. The van der Waals surface area contributed by atoms with Crippen LogP contribution in [0.3, 0.4) is 0 Å². The number of anilines is 1. The lowest BCUT2D eigenvalue weighted by atomic mass is 10.0. The Kier molecular flexibility index (Phi) is 5.08. The van der Waals surface area contributed by atoms with E-state index in [4.69, 9.17) is 0 Å². The fourth-order valence-electron chi connectivity index (χ4n) is 3.04. The summed E-state index contributed by atoms with van der Waals surface area (Å²) in [5.74, 6) is 0.654. The van der Waals surface area contributed by atoms with E-state index in [1.807, 2.05) is 30.0 Å². The minimum Gasteiger partial charge on any atom is -0.367 e. The molecule has 1 aromatic heterocycles. The Labute approximate surface area is 141 Å². The van der Waals surface area contributed by atoms with Gasteiger partial charge >= 0.3 is 0 Å². The number of carbonyl (C=O) groups excluding carboxylic acids is 1. The molecule has 126 valence electrons. The van der Waals surface area contributed by atoms with Gasteiger partial charge in [0.2, 0.25) is 5.91 Å². The predicted octanol–water partition coefficient (Wildman–Crippen LogP) is 3.17. The maximum Gasteiger partial charge on any atom is 0.226 e. The Morgan fingerprint density at radius 2 is 2.00 bits per heavy atom. The zero-order valence-corrected chi connectivity index (χ0v) is 13.8. The van der Waals surface area contributed by atoms with Gasteiger partial charge in [-0.25, -0.2) is 9.37 Å². The molecule has 1 aromatic carbocycles. The molecule has 1 N–H and O–H groups in total. The molecule has 3 rings (SSSR count). The smallest absolute Gasteiger partial charge is 0.226 e. The zero-order valence-electron chi connectivity index (χ0n) is 13.8. The van der Waals surface area contributed by atoms with E-state index in [-0.39, 0.29) is 18.1 Å². The molecule has 0 saturated carbocycles. The van der Waals surface area contributed by atoms with Crippen molar-refractivity contribution >= 4 is 11.7 Å². The van der Waals surface area contributed by atoms with Gasteiger partial charge in [0, 0.05) is 24.8 Å². The highest BCUT2D eigenvalue weighted by Crippen LogP contribution is 2.17. The van der Waals surface area contributed by atoms with Crippen molar-refractivity contribution in [2.24, 2.45) is 0 Å². The predicted molar refractivity (Wildman–Crippen MR) is 92.3 cm³/mol. The summed E-state index contributed by atoms with van der Waals surface area (Å²) < 4.78 is 13.2. The molecule has 1 amide bonds. The first-order chi connectivity index (χ1) is 11.6. The van der Waals surface area contributed by atoms with Crippen LogP contribution in [-0.4, -0.2) is 34.9 Å².